The molecule has 4 nitrogen and oxygen atoms in total. The van der Waals surface area contributed by atoms with E-state index in [1.807, 2.05) is 48.5 Å². The Balaban J connectivity index is 2.29. The number of aliphatic hydroxyl groups excluding tert-OH is 1. The van der Waals surface area contributed by atoms with Crippen LogP contribution in [0.25, 0.3) is 11.1 Å². The van der Waals surface area contributed by atoms with Crippen LogP contribution in [-0.4, -0.2) is 24.2 Å². The highest BCUT2D eigenvalue weighted by Gasteiger charge is 2.22. The average molecular weight is 350 g/mol. The van der Waals surface area contributed by atoms with Gasteiger partial charge < -0.3 is 10.4 Å². The molecule has 0 radical (unpaired) electrons. The minimum atomic E-state index is -0.267. The smallest absolute Gasteiger partial charge is 0.228 e. The fraction of sp³-hybridized carbons (Fsp3) is 0.364. The molecular weight excluding hydrogens is 324 g/mol. The second-order valence-corrected chi connectivity index (χ2v) is 6.85. The van der Waals surface area contributed by atoms with Crippen molar-refractivity contribution in [1.82, 2.24) is 5.32 Å². The lowest BCUT2D eigenvalue weighted by atomic mass is 9.88. The quantitative estimate of drug-likeness (QED) is 0.714. The minimum absolute atomic E-state index is 0.0272. The summed E-state index contributed by atoms with van der Waals surface area (Å²) in [6, 6.07) is 18.1. The SMILES string of the molecule is CC(C)CC(C(=O)NCC#N)c1cccc(-c2ccc(CCO)cc2)c1. The molecule has 2 aromatic rings. The van der Waals surface area contributed by atoms with Crippen LogP contribution in [0.3, 0.4) is 0 Å². The van der Waals surface area contributed by atoms with Gasteiger partial charge in [0.25, 0.3) is 0 Å². The first-order chi connectivity index (χ1) is 12.5. The number of carbonyl (C=O) groups is 1. The molecule has 4 heteroatoms. The van der Waals surface area contributed by atoms with Gasteiger partial charge in [0.15, 0.2) is 0 Å². The zero-order valence-corrected chi connectivity index (χ0v) is 15.4. The Kier molecular flexibility index (Phi) is 7.37. The third-order valence-corrected chi connectivity index (χ3v) is 4.34. The summed E-state index contributed by atoms with van der Waals surface area (Å²) in [5, 5.41) is 20.4. The molecule has 1 atom stereocenters. The second-order valence-electron chi connectivity index (χ2n) is 6.85. The normalized spacial score (nSPS) is 11.8. The van der Waals surface area contributed by atoms with Crippen LogP contribution in [0.2, 0.25) is 0 Å². The lowest BCUT2D eigenvalue weighted by Crippen LogP contribution is -2.30. The maximum Gasteiger partial charge on any atom is 0.228 e. The third-order valence-electron chi connectivity index (χ3n) is 4.34. The predicted octanol–water partition coefficient (Wildman–Crippen LogP) is 3.66. The molecule has 2 aromatic carbocycles. The summed E-state index contributed by atoms with van der Waals surface area (Å²) >= 11 is 0. The summed E-state index contributed by atoms with van der Waals surface area (Å²) in [7, 11) is 0. The van der Waals surface area contributed by atoms with Gasteiger partial charge in [-0.15, -0.1) is 0 Å². The Labute approximate surface area is 155 Å². The fourth-order valence-electron chi connectivity index (χ4n) is 3.04. The van der Waals surface area contributed by atoms with Crippen molar-refractivity contribution in [3.05, 3.63) is 59.7 Å². The molecule has 0 aliphatic carbocycles. The van der Waals surface area contributed by atoms with Crippen molar-refractivity contribution < 1.29 is 9.90 Å². The number of nitrogens with one attached hydrogen (secondary N) is 1. The van der Waals surface area contributed by atoms with Crippen molar-refractivity contribution in [1.29, 1.82) is 5.26 Å². The van der Waals surface area contributed by atoms with Gasteiger partial charge in [-0.3, -0.25) is 4.79 Å². The van der Waals surface area contributed by atoms with Crippen LogP contribution in [0, 0.1) is 17.2 Å². The highest BCUT2D eigenvalue weighted by Crippen LogP contribution is 2.28. The van der Waals surface area contributed by atoms with Gasteiger partial charge in [0.1, 0.15) is 6.54 Å². The molecule has 0 aromatic heterocycles. The van der Waals surface area contributed by atoms with Gasteiger partial charge in [0, 0.05) is 6.61 Å². The van der Waals surface area contributed by atoms with E-state index in [4.69, 9.17) is 10.4 Å². The van der Waals surface area contributed by atoms with Crippen LogP contribution in [0.1, 0.15) is 37.3 Å². The Hall–Kier alpha value is -2.64. The molecule has 0 heterocycles. The van der Waals surface area contributed by atoms with Gasteiger partial charge in [0.05, 0.1) is 12.0 Å². The maximum atomic E-state index is 12.5. The highest BCUT2D eigenvalue weighted by atomic mass is 16.2. The molecule has 0 saturated heterocycles. The third kappa shape index (κ3) is 5.44. The number of amides is 1. The van der Waals surface area contributed by atoms with Gasteiger partial charge in [-0.1, -0.05) is 62.4 Å². The van der Waals surface area contributed by atoms with Gasteiger partial charge in [-0.05, 0) is 41.0 Å². The standard InChI is InChI=1S/C22H26N2O2/c1-16(2)14-21(22(26)24-12-11-23)20-5-3-4-19(15-20)18-8-6-17(7-9-18)10-13-25/h3-9,15-16,21,25H,10,12-14H2,1-2H3,(H,24,26). The topological polar surface area (TPSA) is 73.1 Å². The molecule has 1 unspecified atom stereocenters. The molecule has 0 aliphatic heterocycles. The van der Waals surface area contributed by atoms with Crippen LogP contribution >= 0.6 is 0 Å². The molecule has 136 valence electrons. The van der Waals surface area contributed by atoms with Crippen molar-refractivity contribution in [2.24, 2.45) is 5.92 Å². The van der Waals surface area contributed by atoms with Crippen LogP contribution in [0.5, 0.6) is 0 Å². The monoisotopic (exact) mass is 350 g/mol. The van der Waals surface area contributed by atoms with E-state index in [1.165, 1.54) is 0 Å². The summed E-state index contributed by atoms with van der Waals surface area (Å²) < 4.78 is 0. The molecular formula is C22H26N2O2. The highest BCUT2D eigenvalue weighted by molar-refractivity contribution is 5.84. The fourth-order valence-corrected chi connectivity index (χ4v) is 3.04. The molecule has 0 aliphatic rings. The lowest BCUT2D eigenvalue weighted by molar-refractivity contribution is -0.122. The van der Waals surface area contributed by atoms with Gasteiger partial charge in [0.2, 0.25) is 5.91 Å². The van der Waals surface area contributed by atoms with Gasteiger partial charge >= 0.3 is 0 Å². The van der Waals surface area contributed by atoms with E-state index < -0.39 is 0 Å². The molecule has 0 fully saturated rings. The molecule has 2 N–H and O–H groups in total. The van der Waals surface area contributed by atoms with Crippen LogP contribution in [0.4, 0.5) is 0 Å². The number of hydrogen-bond acceptors (Lipinski definition) is 3. The molecule has 0 bridgehead atoms. The Morgan fingerprint density at radius 3 is 2.50 bits per heavy atom. The number of nitriles is 1. The first kappa shape index (κ1) is 19.7. The Morgan fingerprint density at radius 2 is 1.88 bits per heavy atom. The summed E-state index contributed by atoms with van der Waals surface area (Å²) in [5.41, 5.74) is 4.20. The van der Waals surface area contributed by atoms with E-state index in [1.54, 1.807) is 0 Å². The lowest BCUT2D eigenvalue weighted by Gasteiger charge is -2.19. The van der Waals surface area contributed by atoms with E-state index in [0.717, 1.165) is 28.7 Å². The summed E-state index contributed by atoms with van der Waals surface area (Å²) in [4.78, 5) is 12.5. The number of aliphatic hydroxyl groups is 1. The summed E-state index contributed by atoms with van der Waals surface area (Å²) in [6.45, 7) is 4.35. The van der Waals surface area contributed by atoms with E-state index in [2.05, 4.69) is 25.2 Å². The molecule has 26 heavy (non-hydrogen) atoms. The van der Waals surface area contributed by atoms with Gasteiger partial charge in [-0.25, -0.2) is 0 Å². The number of hydrogen-bond donors (Lipinski definition) is 2. The van der Waals surface area contributed by atoms with Crippen molar-refractivity contribution in [2.45, 2.75) is 32.6 Å². The molecule has 0 saturated carbocycles. The van der Waals surface area contributed by atoms with Crippen LogP contribution in [0.15, 0.2) is 48.5 Å². The maximum absolute atomic E-state index is 12.5. The molecule has 1 amide bonds. The largest absolute Gasteiger partial charge is 0.396 e. The molecule has 0 spiro atoms. The first-order valence-corrected chi connectivity index (χ1v) is 9.00. The van der Waals surface area contributed by atoms with E-state index in [9.17, 15) is 4.79 Å². The van der Waals surface area contributed by atoms with Crippen molar-refractivity contribution in [3.63, 3.8) is 0 Å². The van der Waals surface area contributed by atoms with Crippen molar-refractivity contribution in [3.8, 4) is 17.2 Å². The van der Waals surface area contributed by atoms with E-state index in [-0.39, 0.29) is 25.0 Å². The summed E-state index contributed by atoms with van der Waals surface area (Å²) in [6.07, 6.45) is 1.38. The zero-order chi connectivity index (χ0) is 18.9. The second kappa shape index (κ2) is 9.74. The Morgan fingerprint density at radius 1 is 1.15 bits per heavy atom. The number of carbonyl (C=O) groups excluding carboxylic acids is 1. The van der Waals surface area contributed by atoms with E-state index in [0.29, 0.717) is 12.3 Å². The van der Waals surface area contributed by atoms with Crippen molar-refractivity contribution in [2.75, 3.05) is 13.2 Å². The van der Waals surface area contributed by atoms with E-state index >= 15 is 0 Å². The number of benzene rings is 2. The number of rotatable bonds is 8. The first-order valence-electron chi connectivity index (χ1n) is 9.00. The molecule has 2 rings (SSSR count). The summed E-state index contributed by atoms with van der Waals surface area (Å²) in [5.74, 6) is 0.00177. The minimum Gasteiger partial charge on any atom is -0.396 e. The predicted molar refractivity (Wildman–Crippen MR) is 103 cm³/mol. The van der Waals surface area contributed by atoms with Crippen molar-refractivity contribution >= 4 is 5.91 Å². The Bertz CT molecular complexity index is 760. The van der Waals surface area contributed by atoms with Crippen LogP contribution < -0.4 is 5.32 Å². The zero-order valence-electron chi connectivity index (χ0n) is 15.4. The van der Waals surface area contributed by atoms with Gasteiger partial charge in [-0.2, -0.15) is 5.26 Å². The average Bonchev–Trinajstić information content (AvgIpc) is 2.65. The van der Waals surface area contributed by atoms with Crippen LogP contribution in [-0.2, 0) is 11.2 Å². The number of nitrogens with zero attached hydrogens (tertiary/aromatic N) is 1.